The highest BCUT2D eigenvalue weighted by molar-refractivity contribution is 5.40. The third-order valence-corrected chi connectivity index (χ3v) is 2.04. The fraction of sp³-hybridized carbons (Fsp3) is 0.300. The summed E-state index contributed by atoms with van der Waals surface area (Å²) in [5, 5.41) is 10.4. The van der Waals surface area contributed by atoms with E-state index in [-0.39, 0.29) is 11.8 Å². The van der Waals surface area contributed by atoms with Crippen molar-refractivity contribution in [1.82, 2.24) is 0 Å². The van der Waals surface area contributed by atoms with Crippen LogP contribution in [-0.2, 0) is 9.53 Å². The lowest BCUT2D eigenvalue weighted by atomic mass is 10.1. The molecule has 0 aliphatic heterocycles. The van der Waals surface area contributed by atoms with Crippen molar-refractivity contribution in [3.8, 4) is 0 Å². The number of nitro benzene ring substituents is 1. The van der Waals surface area contributed by atoms with E-state index >= 15 is 0 Å². The Hall–Kier alpha value is -1.91. The molecule has 0 spiro atoms. The van der Waals surface area contributed by atoms with Crippen LogP contribution in [0.3, 0.4) is 0 Å². The van der Waals surface area contributed by atoms with E-state index in [0.29, 0.717) is 6.42 Å². The van der Waals surface area contributed by atoms with Gasteiger partial charge in [-0.05, 0) is 24.1 Å². The zero-order valence-corrected chi connectivity index (χ0v) is 8.17. The van der Waals surface area contributed by atoms with Crippen molar-refractivity contribution in [3.63, 3.8) is 0 Å². The minimum Gasteiger partial charge on any atom is -0.449 e. The Kier molecular flexibility index (Phi) is 3.79. The molecule has 1 aromatic carbocycles. The Morgan fingerprint density at radius 2 is 2.07 bits per heavy atom. The number of benzene rings is 1. The molecule has 5 nitrogen and oxygen atoms in total. The molecule has 0 aliphatic carbocycles. The van der Waals surface area contributed by atoms with Crippen molar-refractivity contribution in [2.45, 2.75) is 19.4 Å². The van der Waals surface area contributed by atoms with Crippen LogP contribution in [-0.4, -0.2) is 11.4 Å². The van der Waals surface area contributed by atoms with Gasteiger partial charge >= 0.3 is 6.47 Å². The van der Waals surface area contributed by atoms with E-state index in [9.17, 15) is 14.9 Å². The maximum absolute atomic E-state index is 10.4. The number of hydrogen-bond acceptors (Lipinski definition) is 4. The van der Waals surface area contributed by atoms with Gasteiger partial charge in [-0.1, -0.05) is 6.92 Å². The van der Waals surface area contributed by atoms with Crippen LogP contribution in [0.25, 0.3) is 0 Å². The van der Waals surface area contributed by atoms with Gasteiger partial charge in [-0.15, -0.1) is 0 Å². The van der Waals surface area contributed by atoms with Gasteiger partial charge < -0.3 is 4.74 Å². The van der Waals surface area contributed by atoms with Crippen LogP contribution < -0.4 is 0 Å². The molecule has 1 aromatic rings. The molecule has 0 fully saturated rings. The van der Waals surface area contributed by atoms with E-state index in [2.05, 4.69) is 0 Å². The van der Waals surface area contributed by atoms with Crippen LogP contribution in [0.1, 0.15) is 25.0 Å². The maximum Gasteiger partial charge on any atom is 0.418 e. The van der Waals surface area contributed by atoms with Gasteiger partial charge in [0.2, 0.25) is 0 Å². The first-order valence-corrected chi connectivity index (χ1v) is 4.46. The second-order valence-corrected chi connectivity index (χ2v) is 2.95. The van der Waals surface area contributed by atoms with Crippen molar-refractivity contribution < 1.29 is 14.5 Å². The Labute approximate surface area is 86.8 Å². The van der Waals surface area contributed by atoms with E-state index in [1.165, 1.54) is 18.6 Å². The molecule has 79 valence electrons. The molecule has 0 aromatic heterocycles. The predicted molar refractivity (Wildman–Crippen MR) is 52.9 cm³/mol. The van der Waals surface area contributed by atoms with Crippen LogP contribution in [0.5, 0.6) is 0 Å². The smallest absolute Gasteiger partial charge is 0.418 e. The van der Waals surface area contributed by atoms with Crippen molar-refractivity contribution in [3.05, 3.63) is 39.9 Å². The highest BCUT2D eigenvalue weighted by atomic mass is 16.6. The first-order chi connectivity index (χ1) is 7.19. The predicted octanol–water partition coefficient (Wildman–Crippen LogP) is 2.13. The number of hydrogen-bond donors (Lipinski definition) is 0. The van der Waals surface area contributed by atoms with Gasteiger partial charge in [-0.2, -0.15) is 0 Å². The third-order valence-electron chi connectivity index (χ3n) is 2.04. The number of ether oxygens (including phenoxy) is 1. The summed E-state index contributed by atoms with van der Waals surface area (Å²) in [4.78, 5) is 20.0. The number of nitro groups is 1. The van der Waals surface area contributed by atoms with E-state index in [0.717, 1.165) is 5.56 Å². The molecule has 5 heteroatoms. The summed E-state index contributed by atoms with van der Waals surface area (Å²) in [6.07, 6.45) is 0.218. The van der Waals surface area contributed by atoms with Crippen LogP contribution in [0, 0.1) is 10.1 Å². The minimum absolute atomic E-state index is 0.0173. The molecule has 0 N–H and O–H groups in total. The Bertz CT molecular complexity index is 347. The molecule has 0 amide bonds. The lowest BCUT2D eigenvalue weighted by Gasteiger charge is -2.11. The van der Waals surface area contributed by atoms with Crippen molar-refractivity contribution in [2.75, 3.05) is 0 Å². The summed E-state index contributed by atoms with van der Waals surface area (Å²) in [6.45, 7) is 3.22. The average molecular weight is 208 g/mol. The highest BCUT2D eigenvalue weighted by Crippen LogP contribution is 2.22. The monoisotopic (exact) mass is 208 g/mol. The molecule has 0 saturated carbocycles. The van der Waals surface area contributed by atoms with Crippen molar-refractivity contribution >= 4 is 12.2 Å². The molecule has 1 atom stereocenters. The van der Waals surface area contributed by atoms with Crippen LogP contribution >= 0.6 is 0 Å². The first-order valence-electron chi connectivity index (χ1n) is 4.46. The number of non-ortho nitro benzene ring substituents is 1. The summed E-state index contributed by atoms with van der Waals surface area (Å²) in [6, 6.07) is 5.91. The largest absolute Gasteiger partial charge is 0.449 e. The summed E-state index contributed by atoms with van der Waals surface area (Å²) in [5.41, 5.74) is 0.745. The van der Waals surface area contributed by atoms with Gasteiger partial charge in [0.15, 0.2) is 0 Å². The fourth-order valence-corrected chi connectivity index (χ4v) is 1.26. The van der Waals surface area contributed by atoms with Gasteiger partial charge in [-0.3, -0.25) is 10.1 Å². The Balaban J connectivity index is 2.86. The molecule has 0 saturated heterocycles. The molecule has 15 heavy (non-hydrogen) atoms. The maximum atomic E-state index is 10.4. The van der Waals surface area contributed by atoms with Gasteiger partial charge in [0, 0.05) is 12.1 Å². The van der Waals surface area contributed by atoms with Gasteiger partial charge in [-0.25, -0.2) is 4.79 Å². The van der Waals surface area contributed by atoms with E-state index in [1.54, 1.807) is 12.1 Å². The fourth-order valence-electron chi connectivity index (χ4n) is 1.26. The lowest BCUT2D eigenvalue weighted by molar-refractivity contribution is -0.384. The zero-order chi connectivity index (χ0) is 11.3. The van der Waals surface area contributed by atoms with E-state index in [1.807, 2.05) is 6.92 Å². The second-order valence-electron chi connectivity index (χ2n) is 2.95. The first kappa shape index (κ1) is 11.2. The molecular weight excluding hydrogens is 198 g/mol. The van der Waals surface area contributed by atoms with E-state index < -0.39 is 4.92 Å². The van der Waals surface area contributed by atoms with Crippen molar-refractivity contribution in [2.24, 2.45) is 0 Å². The summed E-state index contributed by atoms with van der Waals surface area (Å²) in [7, 11) is 0. The molecule has 1 unspecified atom stereocenters. The third kappa shape index (κ3) is 2.77. The van der Waals surface area contributed by atoms with E-state index in [4.69, 9.17) is 4.74 Å². The highest BCUT2D eigenvalue weighted by Gasteiger charge is 2.12. The summed E-state index contributed by atoms with van der Waals surface area (Å²) >= 11 is 0. The van der Waals surface area contributed by atoms with Gasteiger partial charge in [0.25, 0.3) is 5.69 Å². The molecule has 0 heterocycles. The SMILES string of the molecule is CCC(O[C]=O)c1ccc([N+](=O)[O-])cc1. The molecule has 0 bridgehead atoms. The normalized spacial score (nSPS) is 11.8. The Morgan fingerprint density at radius 3 is 2.47 bits per heavy atom. The molecule has 1 radical (unpaired) electrons. The average Bonchev–Trinajstić information content (AvgIpc) is 2.26. The zero-order valence-electron chi connectivity index (χ0n) is 8.17. The minimum atomic E-state index is -0.475. The number of rotatable bonds is 5. The summed E-state index contributed by atoms with van der Waals surface area (Å²) < 4.78 is 4.70. The number of carbonyl (C=O) groups excluding carboxylic acids is 1. The second kappa shape index (κ2) is 5.09. The van der Waals surface area contributed by atoms with Gasteiger partial charge in [0.1, 0.15) is 6.10 Å². The van der Waals surface area contributed by atoms with Crippen LogP contribution in [0.15, 0.2) is 24.3 Å². The topological polar surface area (TPSA) is 69.4 Å². The quantitative estimate of drug-likeness (QED) is 0.549. The Morgan fingerprint density at radius 1 is 1.47 bits per heavy atom. The van der Waals surface area contributed by atoms with Crippen LogP contribution in [0.2, 0.25) is 0 Å². The molecular formula is C10H10NO4. The lowest BCUT2D eigenvalue weighted by Crippen LogP contribution is -2.01. The standard InChI is InChI=1S/C10H10NO4/c1-2-10(15-7-12)8-3-5-9(6-4-8)11(13)14/h3-6,10H,2H2,1H3. The summed E-state index contributed by atoms with van der Waals surface area (Å²) in [5.74, 6) is 0. The molecule has 0 aliphatic rings. The van der Waals surface area contributed by atoms with Crippen molar-refractivity contribution in [1.29, 1.82) is 0 Å². The van der Waals surface area contributed by atoms with Crippen LogP contribution in [0.4, 0.5) is 5.69 Å². The molecule has 1 rings (SSSR count). The van der Waals surface area contributed by atoms with Gasteiger partial charge in [0.05, 0.1) is 4.92 Å². The number of nitrogens with zero attached hydrogens (tertiary/aromatic N) is 1.